The molecule has 0 saturated heterocycles. The predicted octanol–water partition coefficient (Wildman–Crippen LogP) is 4.74. The van der Waals surface area contributed by atoms with Crippen molar-refractivity contribution in [2.45, 2.75) is 19.9 Å². The first-order valence-electron chi connectivity index (χ1n) is 9.00. The summed E-state index contributed by atoms with van der Waals surface area (Å²) in [6.45, 7) is 6.57. The van der Waals surface area contributed by atoms with Gasteiger partial charge in [0.1, 0.15) is 4.88 Å². The van der Waals surface area contributed by atoms with Gasteiger partial charge in [-0.3, -0.25) is 4.79 Å². The highest BCUT2D eigenvalue weighted by Gasteiger charge is 2.21. The van der Waals surface area contributed by atoms with Crippen molar-refractivity contribution in [2.75, 3.05) is 6.54 Å². The molecule has 0 radical (unpaired) electrons. The number of thiazole rings is 1. The second kappa shape index (κ2) is 9.12. The molecule has 0 spiro atoms. The molecule has 0 aliphatic rings. The molecule has 0 fully saturated rings. The lowest BCUT2D eigenvalue weighted by Gasteiger charge is -2.20. The van der Waals surface area contributed by atoms with Crippen LogP contribution in [0.1, 0.15) is 37.1 Å². The summed E-state index contributed by atoms with van der Waals surface area (Å²) in [6.07, 6.45) is 2.44. The van der Waals surface area contributed by atoms with Gasteiger partial charge in [0.2, 0.25) is 0 Å². The molecular weight excluding hydrogens is 366 g/mol. The van der Waals surface area contributed by atoms with Crippen LogP contribution >= 0.6 is 11.3 Å². The normalized spacial score (nSPS) is 10.3. The highest BCUT2D eigenvalue weighted by molar-refractivity contribution is 7.13. The molecule has 5 heteroatoms. The molecule has 0 atom stereocenters. The minimum absolute atomic E-state index is 0.0430. The highest BCUT2D eigenvalue weighted by atomic mass is 32.1. The number of aromatic nitrogens is 1. The van der Waals surface area contributed by atoms with Crippen LogP contribution in [0.4, 0.5) is 0 Å². The van der Waals surface area contributed by atoms with Crippen LogP contribution in [0.25, 0.3) is 0 Å². The van der Waals surface area contributed by atoms with E-state index < -0.39 is 0 Å². The highest BCUT2D eigenvalue weighted by Crippen LogP contribution is 2.23. The Labute approximate surface area is 169 Å². The molecular formula is C23H21N3OS. The maximum Gasteiger partial charge on any atom is 0.266 e. The minimum Gasteiger partial charge on any atom is -0.330 e. The van der Waals surface area contributed by atoms with Gasteiger partial charge >= 0.3 is 0 Å². The van der Waals surface area contributed by atoms with Crippen molar-refractivity contribution in [3.63, 3.8) is 0 Å². The van der Waals surface area contributed by atoms with E-state index in [0.717, 1.165) is 22.7 Å². The molecule has 0 bridgehead atoms. The molecule has 140 valence electrons. The van der Waals surface area contributed by atoms with E-state index in [1.807, 2.05) is 37.3 Å². The molecule has 3 rings (SSSR count). The van der Waals surface area contributed by atoms with Gasteiger partial charge in [-0.05, 0) is 30.2 Å². The third-order valence-electron chi connectivity index (χ3n) is 4.33. The van der Waals surface area contributed by atoms with Gasteiger partial charge in [-0.1, -0.05) is 48.5 Å². The molecule has 4 nitrogen and oxygen atoms in total. The quantitative estimate of drug-likeness (QED) is 0.550. The summed E-state index contributed by atoms with van der Waals surface area (Å²) in [5, 5.41) is 9.87. The number of nitrogens with zero attached hydrogens (tertiary/aromatic N) is 3. The van der Waals surface area contributed by atoms with Crippen LogP contribution in [-0.4, -0.2) is 22.3 Å². The van der Waals surface area contributed by atoms with Gasteiger partial charge in [0.25, 0.3) is 5.91 Å². The van der Waals surface area contributed by atoms with Crippen LogP contribution in [0.2, 0.25) is 0 Å². The largest absolute Gasteiger partial charge is 0.330 e. The maximum absolute atomic E-state index is 13.1. The van der Waals surface area contributed by atoms with E-state index in [1.54, 1.807) is 23.1 Å². The molecule has 1 heterocycles. The lowest BCUT2D eigenvalue weighted by Crippen LogP contribution is -2.30. The Bertz CT molecular complexity index is 1000. The van der Waals surface area contributed by atoms with Crippen molar-refractivity contribution in [1.29, 1.82) is 5.26 Å². The monoisotopic (exact) mass is 387 g/mol. The van der Waals surface area contributed by atoms with Gasteiger partial charge < -0.3 is 4.90 Å². The van der Waals surface area contributed by atoms with Crippen LogP contribution in [-0.2, 0) is 13.0 Å². The molecule has 0 aliphatic heterocycles. The molecule has 0 aliphatic carbocycles. The zero-order valence-electron chi connectivity index (χ0n) is 15.8. The number of hydrogen-bond donors (Lipinski definition) is 0. The topological polar surface area (TPSA) is 57.0 Å². The smallest absolute Gasteiger partial charge is 0.266 e. The molecule has 3 aromatic rings. The minimum atomic E-state index is -0.0430. The number of carbonyl (C=O) groups excluding carboxylic acids is 1. The van der Waals surface area contributed by atoms with Crippen LogP contribution < -0.4 is 0 Å². The Hall–Kier alpha value is -3.23. The summed E-state index contributed by atoms with van der Waals surface area (Å²) in [6, 6.07) is 19.5. The van der Waals surface area contributed by atoms with Crippen molar-refractivity contribution in [2.24, 2.45) is 0 Å². The van der Waals surface area contributed by atoms with Crippen LogP contribution in [0, 0.1) is 18.3 Å². The fraction of sp³-hybridized carbons (Fsp3) is 0.174. The van der Waals surface area contributed by atoms with Gasteiger partial charge in [0, 0.05) is 19.5 Å². The summed E-state index contributed by atoms with van der Waals surface area (Å²) in [5.74, 6) is -0.0430. The number of nitriles is 1. The maximum atomic E-state index is 13.1. The standard InChI is InChI=1S/C23H21N3OS/c1-3-13-26(16-20-11-9-19(15-24)10-12-20)23(27)22-17(2)25-21(28-22)14-18-7-5-4-6-8-18/h3-12H,1,13-14,16H2,2H3. The summed E-state index contributed by atoms with van der Waals surface area (Å²) in [5.41, 5.74) is 3.51. The zero-order valence-corrected chi connectivity index (χ0v) is 16.6. The van der Waals surface area contributed by atoms with Crippen molar-refractivity contribution < 1.29 is 4.79 Å². The molecule has 0 saturated carbocycles. The first-order valence-corrected chi connectivity index (χ1v) is 9.81. The number of hydrogen-bond acceptors (Lipinski definition) is 4. The van der Waals surface area contributed by atoms with Gasteiger partial charge in [-0.25, -0.2) is 4.98 Å². The van der Waals surface area contributed by atoms with E-state index >= 15 is 0 Å². The lowest BCUT2D eigenvalue weighted by molar-refractivity contribution is 0.0766. The Balaban J connectivity index is 1.78. The Morgan fingerprint density at radius 2 is 1.89 bits per heavy atom. The Morgan fingerprint density at radius 3 is 2.54 bits per heavy atom. The fourth-order valence-electron chi connectivity index (χ4n) is 2.92. The van der Waals surface area contributed by atoms with Crippen LogP contribution in [0.15, 0.2) is 67.3 Å². The van der Waals surface area contributed by atoms with E-state index in [4.69, 9.17) is 5.26 Å². The fourth-order valence-corrected chi connectivity index (χ4v) is 3.99. The number of carbonyl (C=O) groups is 1. The first kappa shape index (κ1) is 19.5. The predicted molar refractivity (Wildman–Crippen MR) is 112 cm³/mol. The molecule has 2 aromatic carbocycles. The van der Waals surface area contributed by atoms with Crippen LogP contribution in [0.5, 0.6) is 0 Å². The number of aryl methyl sites for hydroxylation is 1. The second-order valence-corrected chi connectivity index (χ2v) is 7.55. The van der Waals surface area contributed by atoms with E-state index in [1.165, 1.54) is 16.9 Å². The van der Waals surface area contributed by atoms with Gasteiger partial charge in [0.15, 0.2) is 0 Å². The third-order valence-corrected chi connectivity index (χ3v) is 5.47. The molecule has 28 heavy (non-hydrogen) atoms. The Morgan fingerprint density at radius 1 is 1.18 bits per heavy atom. The van der Waals surface area contributed by atoms with Crippen LogP contribution in [0.3, 0.4) is 0 Å². The van der Waals surface area contributed by atoms with E-state index in [2.05, 4.69) is 29.8 Å². The number of amides is 1. The molecule has 0 N–H and O–H groups in total. The van der Waals surface area contributed by atoms with E-state index in [-0.39, 0.29) is 5.91 Å². The third kappa shape index (κ3) is 4.73. The van der Waals surface area contributed by atoms with Crippen molar-refractivity contribution in [1.82, 2.24) is 9.88 Å². The van der Waals surface area contributed by atoms with Gasteiger partial charge in [-0.15, -0.1) is 17.9 Å². The average Bonchev–Trinajstić information content (AvgIpc) is 3.08. The molecule has 1 aromatic heterocycles. The van der Waals surface area contributed by atoms with Gasteiger partial charge in [0.05, 0.1) is 22.3 Å². The zero-order chi connectivity index (χ0) is 19.9. The summed E-state index contributed by atoms with van der Waals surface area (Å²) in [7, 11) is 0. The Kier molecular flexibility index (Phi) is 6.36. The van der Waals surface area contributed by atoms with E-state index in [9.17, 15) is 4.79 Å². The van der Waals surface area contributed by atoms with Gasteiger partial charge in [-0.2, -0.15) is 5.26 Å². The van der Waals surface area contributed by atoms with Crippen molar-refractivity contribution in [3.8, 4) is 6.07 Å². The summed E-state index contributed by atoms with van der Waals surface area (Å²) >= 11 is 1.45. The summed E-state index contributed by atoms with van der Waals surface area (Å²) in [4.78, 5) is 20.2. The van der Waals surface area contributed by atoms with Crippen molar-refractivity contribution >= 4 is 17.2 Å². The SMILES string of the molecule is C=CCN(Cc1ccc(C#N)cc1)C(=O)c1sc(Cc2ccccc2)nc1C. The molecule has 0 unspecified atom stereocenters. The first-order chi connectivity index (χ1) is 13.6. The van der Waals surface area contributed by atoms with E-state index in [0.29, 0.717) is 23.5 Å². The number of benzene rings is 2. The second-order valence-electron chi connectivity index (χ2n) is 6.47. The van der Waals surface area contributed by atoms with Crippen molar-refractivity contribution in [3.05, 3.63) is 99.5 Å². The number of rotatable bonds is 7. The molecule has 1 amide bonds. The summed E-state index contributed by atoms with van der Waals surface area (Å²) < 4.78 is 0. The lowest BCUT2D eigenvalue weighted by atomic mass is 10.1. The average molecular weight is 388 g/mol.